The minimum absolute atomic E-state index is 0.00469. The molecule has 0 saturated carbocycles. The highest BCUT2D eigenvalue weighted by molar-refractivity contribution is 6.35. The van der Waals surface area contributed by atoms with Crippen LogP contribution in [0, 0.1) is 31.4 Å². The summed E-state index contributed by atoms with van der Waals surface area (Å²) in [5, 5.41) is 11.8. The van der Waals surface area contributed by atoms with Crippen LogP contribution in [0.3, 0.4) is 0 Å². The van der Waals surface area contributed by atoms with E-state index in [2.05, 4.69) is 16.9 Å². The van der Waals surface area contributed by atoms with Crippen molar-refractivity contribution >= 4 is 85.9 Å². The number of phenols is 1. The summed E-state index contributed by atoms with van der Waals surface area (Å²) in [7, 11) is 4.63. The minimum atomic E-state index is -0.838. The number of ether oxygens (including phenoxy) is 3. The normalized spacial score (nSPS) is 18.1. The van der Waals surface area contributed by atoms with Gasteiger partial charge in [-0.25, -0.2) is 23.5 Å². The smallest absolute Gasteiger partial charge is 0.410 e. The fourth-order valence-corrected chi connectivity index (χ4v) is 13.6. The van der Waals surface area contributed by atoms with Crippen molar-refractivity contribution in [2.45, 2.75) is 125 Å². The fraction of sp³-hybridized carbons (Fsp3) is 0.397. The zero-order valence-corrected chi connectivity index (χ0v) is 55.3. The quantitative estimate of drug-likeness (QED) is 0.133. The van der Waals surface area contributed by atoms with Crippen molar-refractivity contribution in [1.82, 2.24) is 34.0 Å². The summed E-state index contributed by atoms with van der Waals surface area (Å²) in [6, 6.07) is 13.6. The zero-order chi connectivity index (χ0) is 66.4. The number of benzene rings is 2. The van der Waals surface area contributed by atoms with Gasteiger partial charge in [-0.2, -0.15) is 0 Å². The maximum atomic E-state index is 15.7. The molecule has 10 heterocycles. The van der Waals surface area contributed by atoms with Gasteiger partial charge in [0.25, 0.3) is 17.0 Å². The van der Waals surface area contributed by atoms with Gasteiger partial charge in [-0.3, -0.25) is 38.3 Å². The van der Waals surface area contributed by atoms with Crippen LogP contribution in [0.1, 0.15) is 110 Å². The van der Waals surface area contributed by atoms with E-state index in [9.17, 15) is 24.3 Å². The summed E-state index contributed by atoms with van der Waals surface area (Å²) in [4.78, 5) is 98.0. The number of nitrogens with zero attached hydrogens (tertiary/aromatic N) is 11. The van der Waals surface area contributed by atoms with E-state index < -0.39 is 52.6 Å². The van der Waals surface area contributed by atoms with Gasteiger partial charge in [0.05, 0.1) is 73.2 Å². The summed E-state index contributed by atoms with van der Waals surface area (Å²) in [5.74, 6) is -1.84. The molecular formula is C68H73Cl2F2N11O9. The molecule has 20 nitrogen and oxygen atoms in total. The first-order valence-corrected chi connectivity index (χ1v) is 31.3. The standard InChI is InChI=1S/C37H42ClFN6O6.C31H31ClFN5O3/c1-19(2)28-30(20(3)13-14-40-28)45-33-22(15-23(38)29(41-33)27-24(39)11-10-12-26(27)50-18-49-9)31-32(35(45)47)42(8)34(46)25-17-43(21(4)16-44(25)31)36(48)51-37(5,6)7;1-15(2)24-26(17(4)11-12-34-24)38-29-18(13-19(32)25(35-29)23-20(33)7-6-8-22(23)39)27-28(31(38)41)36(5)30(40)21-10-9-16(3)14-37(21)27/h10-15,19,21,25H,16-18H2,1-9H3;6-8,11-13,15-16,21,39H,9-10,14H2,1-5H3/t21-,25-;16-,21+/m10/s1. The molecular weight excluding hydrogens is 1220 g/mol. The molecule has 92 heavy (non-hydrogen) atoms. The van der Waals surface area contributed by atoms with Crippen molar-refractivity contribution in [2.24, 2.45) is 5.92 Å². The number of methoxy groups -OCH3 is 1. The molecule has 0 bridgehead atoms. The van der Waals surface area contributed by atoms with E-state index in [1.165, 1.54) is 56.4 Å². The highest BCUT2D eigenvalue weighted by Gasteiger charge is 2.48. The maximum absolute atomic E-state index is 15.7. The van der Waals surface area contributed by atoms with E-state index in [0.29, 0.717) is 63.8 Å². The predicted molar refractivity (Wildman–Crippen MR) is 353 cm³/mol. The van der Waals surface area contributed by atoms with Gasteiger partial charge in [0.15, 0.2) is 18.1 Å². The molecule has 2 saturated heterocycles. The second-order valence-electron chi connectivity index (χ2n) is 25.7. The number of pyridine rings is 6. The number of carbonyl (C=O) groups excluding carboxylic acids is 3. The number of aromatic nitrogens is 6. The Morgan fingerprint density at radius 2 is 1.16 bits per heavy atom. The van der Waals surface area contributed by atoms with Crippen LogP contribution in [-0.4, -0.2) is 128 Å². The zero-order valence-electron chi connectivity index (χ0n) is 53.8. The molecule has 2 fully saturated rings. The van der Waals surface area contributed by atoms with Crippen LogP contribution < -0.4 is 35.5 Å². The van der Waals surface area contributed by atoms with Crippen LogP contribution in [0.25, 0.3) is 56.0 Å². The van der Waals surface area contributed by atoms with Gasteiger partial charge >= 0.3 is 6.09 Å². The molecule has 6 aromatic heterocycles. The number of halogens is 4. The first kappa shape index (κ1) is 64.8. The monoisotopic (exact) mass is 1300 g/mol. The minimum Gasteiger partial charge on any atom is -0.507 e. The second-order valence-corrected chi connectivity index (χ2v) is 26.5. The molecule has 4 atom stereocenters. The number of hydrogen-bond donors (Lipinski definition) is 1. The predicted octanol–water partition coefficient (Wildman–Crippen LogP) is 12.4. The van der Waals surface area contributed by atoms with E-state index in [4.69, 9.17) is 47.4 Å². The second kappa shape index (κ2) is 24.7. The lowest BCUT2D eigenvalue weighted by Gasteiger charge is -2.49. The lowest BCUT2D eigenvalue weighted by molar-refractivity contribution is -0.121. The van der Waals surface area contributed by atoms with Crippen LogP contribution in [0.4, 0.5) is 36.3 Å². The van der Waals surface area contributed by atoms with E-state index in [1.807, 2.05) is 64.3 Å². The first-order valence-electron chi connectivity index (χ1n) is 30.5. The molecule has 8 aromatic rings. The van der Waals surface area contributed by atoms with Crippen LogP contribution in [0.5, 0.6) is 11.5 Å². The molecule has 482 valence electrons. The Hall–Kier alpha value is -8.73. The Morgan fingerprint density at radius 3 is 1.66 bits per heavy atom. The van der Waals surface area contributed by atoms with Crippen molar-refractivity contribution < 1.29 is 42.5 Å². The average Bonchev–Trinajstić information content (AvgIpc) is 0.714. The van der Waals surface area contributed by atoms with Crippen molar-refractivity contribution in [3.05, 3.63) is 138 Å². The number of amides is 3. The van der Waals surface area contributed by atoms with Gasteiger partial charge < -0.3 is 43.8 Å². The SMILES string of the molecule is COCOc1cccc(F)c1-c1nc2c(cc1Cl)c1c(c(=O)n2-c2c(C)ccnc2C(C)C)N(C)C(=O)[C@H]2CN(C(=O)OC(C)(C)C)[C@H](C)CN12.Cc1ccnc(C(C)C)c1-n1c(=O)c2c(c3cc(Cl)c(-c4c(O)cccc4F)nc31)N1C[C@@H](C)CC[C@@H]1C(=O)N2C. The first-order chi connectivity index (χ1) is 43.6. The number of piperazine rings is 1. The van der Waals surface area contributed by atoms with E-state index >= 15 is 13.6 Å². The van der Waals surface area contributed by atoms with Gasteiger partial charge in [-0.1, -0.05) is 70.0 Å². The van der Waals surface area contributed by atoms with Crippen molar-refractivity contribution in [3.63, 3.8) is 0 Å². The molecule has 0 radical (unpaired) electrons. The van der Waals surface area contributed by atoms with Crippen molar-refractivity contribution in [2.75, 3.05) is 67.2 Å². The molecule has 0 spiro atoms. The summed E-state index contributed by atoms with van der Waals surface area (Å²) >= 11 is 13.8. The molecule has 0 unspecified atom stereocenters. The summed E-state index contributed by atoms with van der Waals surface area (Å²) < 4.78 is 50.2. The van der Waals surface area contributed by atoms with E-state index in [-0.39, 0.29) is 110 Å². The Kier molecular flexibility index (Phi) is 17.4. The molecule has 12 rings (SSSR count). The number of aryl methyl sites for hydroxylation is 2. The number of rotatable bonds is 9. The highest BCUT2D eigenvalue weighted by atomic mass is 35.5. The van der Waals surface area contributed by atoms with Gasteiger partial charge in [-0.15, -0.1) is 0 Å². The van der Waals surface area contributed by atoms with Crippen LogP contribution in [-0.2, 0) is 19.1 Å². The van der Waals surface area contributed by atoms with Gasteiger partial charge in [0, 0.05) is 63.5 Å². The van der Waals surface area contributed by atoms with Crippen molar-refractivity contribution in [3.8, 4) is 45.4 Å². The molecule has 4 aliphatic heterocycles. The fourth-order valence-electron chi connectivity index (χ4n) is 13.1. The number of hydrogen-bond acceptors (Lipinski definition) is 15. The van der Waals surface area contributed by atoms with E-state index in [1.54, 1.807) is 76.4 Å². The number of piperidine rings is 1. The largest absolute Gasteiger partial charge is 0.507 e. The molecule has 1 N–H and O–H groups in total. The molecule has 4 aliphatic rings. The molecule has 0 aliphatic carbocycles. The van der Waals surface area contributed by atoms with Gasteiger partial charge in [-0.05, 0) is 132 Å². The third kappa shape index (κ3) is 11.1. The number of carbonyl (C=O) groups is 3. The topological polar surface area (TPSA) is 211 Å². The average molecular weight is 1300 g/mol. The van der Waals surface area contributed by atoms with Crippen LogP contribution in [0.2, 0.25) is 10.0 Å². The number of fused-ring (bicyclic) bond motifs is 10. The summed E-state index contributed by atoms with van der Waals surface area (Å²) in [5.41, 5.74) is 3.93. The summed E-state index contributed by atoms with van der Waals surface area (Å²) in [6.45, 7) is 21.7. The Balaban J connectivity index is 0.000000193. The maximum Gasteiger partial charge on any atom is 0.410 e. The number of phenolic OH excluding ortho intramolecular Hbond substituents is 1. The van der Waals surface area contributed by atoms with Gasteiger partial charge in [0.1, 0.15) is 52.2 Å². The number of likely N-dealkylation sites (N-methyl/N-ethyl adjacent to an activating group) is 2. The molecule has 24 heteroatoms. The number of anilines is 4. The highest BCUT2D eigenvalue weighted by Crippen LogP contribution is 2.48. The van der Waals surface area contributed by atoms with E-state index in [0.717, 1.165) is 17.5 Å². The van der Waals surface area contributed by atoms with Crippen LogP contribution in [0.15, 0.2) is 82.6 Å². The molecule has 2 aromatic carbocycles. The Morgan fingerprint density at radius 1 is 0.674 bits per heavy atom. The Labute approximate surface area is 540 Å². The third-order valence-corrected chi connectivity index (χ3v) is 18.0. The third-order valence-electron chi connectivity index (χ3n) is 17.4. The number of aromatic hydroxyl groups is 1. The van der Waals surface area contributed by atoms with Crippen LogP contribution >= 0.6 is 23.2 Å². The summed E-state index contributed by atoms with van der Waals surface area (Å²) in [6.07, 6.45) is 4.40. The lowest BCUT2D eigenvalue weighted by atomic mass is 9.90. The lowest BCUT2D eigenvalue weighted by Crippen LogP contribution is -2.66. The molecule has 3 amide bonds. The van der Waals surface area contributed by atoms with Gasteiger partial charge in [0.2, 0.25) is 5.91 Å². The Bertz CT molecular complexity index is 4460. The van der Waals surface area contributed by atoms with Crippen molar-refractivity contribution in [1.29, 1.82) is 0 Å².